The Bertz CT molecular complexity index is 375. The van der Waals surface area contributed by atoms with Crippen molar-refractivity contribution in [3.05, 3.63) is 29.8 Å². The van der Waals surface area contributed by atoms with Crippen molar-refractivity contribution in [3.63, 3.8) is 0 Å². The number of hydrogen-bond acceptors (Lipinski definition) is 4. The predicted molar refractivity (Wildman–Crippen MR) is 64.8 cm³/mol. The third kappa shape index (κ3) is 2.77. The van der Waals surface area contributed by atoms with Crippen LogP contribution in [0, 0.1) is 0 Å². The van der Waals surface area contributed by atoms with Crippen LogP contribution < -0.4 is 10.5 Å². The third-order valence-corrected chi connectivity index (χ3v) is 2.87. The van der Waals surface area contributed by atoms with Crippen LogP contribution in [0.15, 0.2) is 24.3 Å². The Morgan fingerprint density at radius 1 is 1.29 bits per heavy atom. The largest absolute Gasteiger partial charge is 0.497 e. The summed E-state index contributed by atoms with van der Waals surface area (Å²) < 4.78 is 16.5. The number of ether oxygens (including phenoxy) is 3. The van der Waals surface area contributed by atoms with Crippen LogP contribution in [0.4, 0.5) is 0 Å². The van der Waals surface area contributed by atoms with Crippen LogP contribution in [0.5, 0.6) is 5.75 Å². The van der Waals surface area contributed by atoms with Crippen molar-refractivity contribution < 1.29 is 14.2 Å². The number of rotatable bonds is 2. The highest BCUT2D eigenvalue weighted by atomic mass is 16.7. The molecule has 1 fully saturated rings. The fourth-order valence-corrected chi connectivity index (χ4v) is 1.92. The minimum Gasteiger partial charge on any atom is -0.497 e. The summed E-state index contributed by atoms with van der Waals surface area (Å²) in [5.74, 6) is 0.245. The van der Waals surface area contributed by atoms with Crippen molar-refractivity contribution in [2.75, 3.05) is 13.7 Å². The highest BCUT2D eigenvalue weighted by Gasteiger charge is 2.35. The lowest BCUT2D eigenvalue weighted by Gasteiger charge is -2.39. The molecule has 0 aromatic heterocycles. The fraction of sp³-hybridized carbons (Fsp3) is 0.538. The van der Waals surface area contributed by atoms with E-state index in [4.69, 9.17) is 19.9 Å². The van der Waals surface area contributed by atoms with Gasteiger partial charge in [0.15, 0.2) is 5.79 Å². The summed E-state index contributed by atoms with van der Waals surface area (Å²) in [6.07, 6.45) is -0.135. The average molecular weight is 237 g/mol. The molecule has 17 heavy (non-hydrogen) atoms. The fourth-order valence-electron chi connectivity index (χ4n) is 1.92. The predicted octanol–water partition coefficient (Wildman–Crippen LogP) is 1.85. The standard InChI is InChI=1S/C13H19NO3/c1-13(2)16-8-11(14)12(17-13)9-4-6-10(15-3)7-5-9/h4-7,11-12H,8,14H2,1-3H3/t11-,12-/m1/s1. The third-order valence-electron chi connectivity index (χ3n) is 2.87. The van der Waals surface area contributed by atoms with Gasteiger partial charge in [0.2, 0.25) is 0 Å². The monoisotopic (exact) mass is 237 g/mol. The lowest BCUT2D eigenvalue weighted by Crippen LogP contribution is -2.48. The number of benzene rings is 1. The molecule has 1 heterocycles. The molecule has 0 unspecified atom stereocenters. The maximum Gasteiger partial charge on any atom is 0.163 e. The van der Waals surface area contributed by atoms with Gasteiger partial charge in [0, 0.05) is 0 Å². The molecule has 0 bridgehead atoms. The van der Waals surface area contributed by atoms with Crippen molar-refractivity contribution in [2.45, 2.75) is 31.8 Å². The molecule has 2 N–H and O–H groups in total. The molecule has 1 aromatic rings. The quantitative estimate of drug-likeness (QED) is 0.852. The SMILES string of the molecule is COc1ccc([C@H]2OC(C)(C)OC[C@H]2N)cc1. The van der Waals surface area contributed by atoms with Crippen LogP contribution in [0.2, 0.25) is 0 Å². The topological polar surface area (TPSA) is 53.7 Å². The zero-order chi connectivity index (χ0) is 12.5. The van der Waals surface area contributed by atoms with Gasteiger partial charge in [-0.25, -0.2) is 0 Å². The van der Waals surface area contributed by atoms with Crippen molar-refractivity contribution in [1.29, 1.82) is 0 Å². The van der Waals surface area contributed by atoms with Crippen molar-refractivity contribution in [3.8, 4) is 5.75 Å². The summed E-state index contributed by atoms with van der Waals surface area (Å²) in [6, 6.07) is 7.63. The van der Waals surface area contributed by atoms with Gasteiger partial charge in [-0.3, -0.25) is 0 Å². The van der Waals surface area contributed by atoms with Crippen LogP contribution in [0.3, 0.4) is 0 Å². The maximum atomic E-state index is 6.02. The second-order valence-electron chi connectivity index (χ2n) is 4.69. The van der Waals surface area contributed by atoms with Gasteiger partial charge in [-0.1, -0.05) is 12.1 Å². The van der Waals surface area contributed by atoms with Gasteiger partial charge in [0.05, 0.1) is 19.8 Å². The maximum absolute atomic E-state index is 6.02. The highest BCUT2D eigenvalue weighted by Crippen LogP contribution is 2.32. The van der Waals surface area contributed by atoms with Gasteiger partial charge in [0.1, 0.15) is 11.9 Å². The molecule has 1 aromatic carbocycles. The van der Waals surface area contributed by atoms with E-state index in [0.717, 1.165) is 11.3 Å². The second-order valence-corrected chi connectivity index (χ2v) is 4.69. The van der Waals surface area contributed by atoms with Gasteiger partial charge in [-0.2, -0.15) is 0 Å². The number of nitrogens with two attached hydrogens (primary N) is 1. The number of methoxy groups -OCH3 is 1. The molecule has 0 aliphatic carbocycles. The minimum absolute atomic E-state index is 0.135. The summed E-state index contributed by atoms with van der Waals surface area (Å²) in [7, 11) is 1.65. The minimum atomic E-state index is -0.583. The average Bonchev–Trinajstić information content (AvgIpc) is 2.33. The van der Waals surface area contributed by atoms with Gasteiger partial charge < -0.3 is 19.9 Å². The Hall–Kier alpha value is -1.10. The molecule has 94 valence electrons. The molecule has 1 aliphatic rings. The van der Waals surface area contributed by atoms with Gasteiger partial charge in [0.25, 0.3) is 0 Å². The summed E-state index contributed by atoms with van der Waals surface area (Å²) in [4.78, 5) is 0. The van der Waals surface area contributed by atoms with E-state index in [2.05, 4.69) is 0 Å². The van der Waals surface area contributed by atoms with E-state index in [-0.39, 0.29) is 12.1 Å². The summed E-state index contributed by atoms with van der Waals surface area (Å²) in [5.41, 5.74) is 7.07. The molecule has 4 heteroatoms. The first-order valence-corrected chi connectivity index (χ1v) is 5.73. The molecule has 1 aliphatic heterocycles. The molecule has 0 spiro atoms. The van der Waals surface area contributed by atoms with Crippen molar-refractivity contribution in [2.24, 2.45) is 5.73 Å². The lowest BCUT2D eigenvalue weighted by molar-refractivity contribution is -0.281. The lowest BCUT2D eigenvalue weighted by atomic mass is 10.0. The van der Waals surface area contributed by atoms with Gasteiger partial charge >= 0.3 is 0 Å². The summed E-state index contributed by atoms with van der Waals surface area (Å²) in [5, 5.41) is 0. The number of hydrogen-bond donors (Lipinski definition) is 1. The second kappa shape index (κ2) is 4.64. The molecule has 1 saturated heterocycles. The molecular formula is C13H19NO3. The van der Waals surface area contributed by atoms with Crippen LogP contribution in [-0.4, -0.2) is 25.5 Å². The summed E-state index contributed by atoms with van der Waals surface area (Å²) >= 11 is 0. The van der Waals surface area contributed by atoms with Crippen LogP contribution in [-0.2, 0) is 9.47 Å². The Kier molecular flexibility index (Phi) is 3.38. The van der Waals surface area contributed by atoms with Crippen molar-refractivity contribution in [1.82, 2.24) is 0 Å². The molecule has 0 amide bonds. The molecule has 4 nitrogen and oxygen atoms in total. The normalized spacial score (nSPS) is 27.8. The van der Waals surface area contributed by atoms with Crippen molar-refractivity contribution >= 4 is 0 Å². The van der Waals surface area contributed by atoms with E-state index >= 15 is 0 Å². The van der Waals surface area contributed by atoms with Gasteiger partial charge in [-0.05, 0) is 31.5 Å². The molecule has 2 atom stereocenters. The molecule has 2 rings (SSSR count). The van der Waals surface area contributed by atoms with E-state index in [1.54, 1.807) is 7.11 Å². The highest BCUT2D eigenvalue weighted by molar-refractivity contribution is 5.29. The van der Waals surface area contributed by atoms with E-state index in [0.29, 0.717) is 6.61 Å². The Morgan fingerprint density at radius 3 is 2.53 bits per heavy atom. The molecular weight excluding hydrogens is 218 g/mol. The van der Waals surface area contributed by atoms with E-state index < -0.39 is 5.79 Å². The Labute approximate surface area is 102 Å². The molecule has 0 saturated carbocycles. The first-order valence-electron chi connectivity index (χ1n) is 5.73. The van der Waals surface area contributed by atoms with E-state index in [1.165, 1.54) is 0 Å². The Morgan fingerprint density at radius 2 is 1.94 bits per heavy atom. The first kappa shape index (κ1) is 12.4. The zero-order valence-electron chi connectivity index (χ0n) is 10.5. The zero-order valence-corrected chi connectivity index (χ0v) is 10.5. The van der Waals surface area contributed by atoms with E-state index in [9.17, 15) is 0 Å². The first-order chi connectivity index (χ1) is 8.02. The smallest absolute Gasteiger partial charge is 0.163 e. The summed E-state index contributed by atoms with van der Waals surface area (Å²) in [6.45, 7) is 4.30. The van der Waals surface area contributed by atoms with Crippen LogP contribution in [0.25, 0.3) is 0 Å². The van der Waals surface area contributed by atoms with Gasteiger partial charge in [-0.15, -0.1) is 0 Å². The van der Waals surface area contributed by atoms with Crippen LogP contribution >= 0.6 is 0 Å². The molecule has 0 radical (unpaired) electrons. The Balaban J connectivity index is 2.18. The van der Waals surface area contributed by atoms with E-state index in [1.807, 2.05) is 38.1 Å². The van der Waals surface area contributed by atoms with Crippen LogP contribution in [0.1, 0.15) is 25.5 Å².